The molecule has 0 spiro atoms. The third kappa shape index (κ3) is 5.64. The second kappa shape index (κ2) is 5.86. The number of alkyl halides is 3. The predicted molar refractivity (Wildman–Crippen MR) is 68.5 cm³/mol. The summed E-state index contributed by atoms with van der Waals surface area (Å²) in [6, 6.07) is 0.374. The lowest BCUT2D eigenvalue weighted by Crippen LogP contribution is -2.41. The van der Waals surface area contributed by atoms with Gasteiger partial charge in [-0.1, -0.05) is 11.8 Å². The summed E-state index contributed by atoms with van der Waals surface area (Å²) in [4.78, 5) is 28.1. The van der Waals surface area contributed by atoms with Crippen LogP contribution in [0.2, 0.25) is 0 Å². The van der Waals surface area contributed by atoms with Gasteiger partial charge in [0.1, 0.15) is 0 Å². The molecule has 5 nitrogen and oxygen atoms in total. The van der Waals surface area contributed by atoms with Gasteiger partial charge in [-0.05, 0) is 20.8 Å². The van der Waals surface area contributed by atoms with Crippen molar-refractivity contribution in [2.24, 2.45) is 0 Å². The highest BCUT2D eigenvalue weighted by molar-refractivity contribution is 7.99. The number of thioether (sulfide) groups is 1. The van der Waals surface area contributed by atoms with Crippen molar-refractivity contribution in [1.29, 1.82) is 0 Å². The number of rotatable bonds is 3. The molecule has 0 aliphatic rings. The third-order valence-corrected chi connectivity index (χ3v) is 2.74. The molecule has 0 saturated carbocycles. The Morgan fingerprint density at radius 3 is 2.50 bits per heavy atom. The lowest BCUT2D eigenvalue weighted by atomic mass is 10.1. The maximum absolute atomic E-state index is 12.5. The number of amides is 1. The molecule has 0 atom stereocenters. The van der Waals surface area contributed by atoms with Crippen LogP contribution in [0, 0.1) is 0 Å². The van der Waals surface area contributed by atoms with Crippen LogP contribution >= 0.6 is 11.8 Å². The van der Waals surface area contributed by atoms with Gasteiger partial charge in [0.25, 0.3) is 5.56 Å². The summed E-state index contributed by atoms with van der Waals surface area (Å²) in [5.74, 6) is -0.496. The topological polar surface area (TPSA) is 74.8 Å². The molecule has 0 aromatic carbocycles. The van der Waals surface area contributed by atoms with Crippen LogP contribution in [-0.2, 0) is 11.0 Å². The zero-order valence-electron chi connectivity index (χ0n) is 11.1. The lowest BCUT2D eigenvalue weighted by Gasteiger charge is -2.20. The Kier molecular flexibility index (Phi) is 4.85. The van der Waals surface area contributed by atoms with Gasteiger partial charge >= 0.3 is 6.18 Å². The van der Waals surface area contributed by atoms with Gasteiger partial charge < -0.3 is 10.3 Å². The molecule has 0 saturated heterocycles. The Morgan fingerprint density at radius 1 is 1.40 bits per heavy atom. The van der Waals surface area contributed by atoms with Crippen LogP contribution in [0.25, 0.3) is 0 Å². The summed E-state index contributed by atoms with van der Waals surface area (Å²) in [5, 5.41) is 2.41. The molecule has 0 aliphatic carbocycles. The zero-order valence-corrected chi connectivity index (χ0v) is 11.9. The van der Waals surface area contributed by atoms with Crippen LogP contribution in [0.3, 0.4) is 0 Å². The monoisotopic (exact) mass is 309 g/mol. The van der Waals surface area contributed by atoms with Gasteiger partial charge in [-0.25, -0.2) is 4.98 Å². The van der Waals surface area contributed by atoms with Crippen molar-refractivity contribution in [2.75, 3.05) is 5.75 Å². The Balaban J connectivity index is 2.77. The fourth-order valence-corrected chi connectivity index (χ4v) is 1.91. The van der Waals surface area contributed by atoms with E-state index in [1.54, 1.807) is 20.8 Å². The molecule has 20 heavy (non-hydrogen) atoms. The van der Waals surface area contributed by atoms with Crippen LogP contribution in [0.15, 0.2) is 16.0 Å². The van der Waals surface area contributed by atoms with E-state index in [2.05, 4.69) is 15.3 Å². The Labute approximate surface area is 117 Å². The molecule has 112 valence electrons. The van der Waals surface area contributed by atoms with E-state index in [9.17, 15) is 22.8 Å². The maximum atomic E-state index is 12.5. The van der Waals surface area contributed by atoms with E-state index in [1.165, 1.54) is 0 Å². The smallest absolute Gasteiger partial charge is 0.351 e. The number of carbonyl (C=O) groups excluding carboxylic acids is 1. The van der Waals surface area contributed by atoms with Crippen molar-refractivity contribution < 1.29 is 18.0 Å². The Bertz CT molecular complexity index is 549. The van der Waals surface area contributed by atoms with Crippen molar-refractivity contribution in [2.45, 2.75) is 37.6 Å². The van der Waals surface area contributed by atoms with Crippen molar-refractivity contribution in [3.05, 3.63) is 22.1 Å². The van der Waals surface area contributed by atoms with Gasteiger partial charge in [-0.15, -0.1) is 0 Å². The van der Waals surface area contributed by atoms with Gasteiger partial charge in [0.2, 0.25) is 5.91 Å². The van der Waals surface area contributed by atoms with E-state index in [1.807, 2.05) is 0 Å². The molecule has 1 heterocycles. The number of aromatic nitrogens is 2. The first kappa shape index (κ1) is 16.5. The Hall–Kier alpha value is -1.51. The van der Waals surface area contributed by atoms with E-state index < -0.39 is 23.0 Å². The van der Waals surface area contributed by atoms with Gasteiger partial charge in [0.15, 0.2) is 10.9 Å². The molecule has 1 aromatic rings. The highest BCUT2D eigenvalue weighted by atomic mass is 32.2. The molecular weight excluding hydrogens is 295 g/mol. The van der Waals surface area contributed by atoms with Crippen molar-refractivity contribution in [1.82, 2.24) is 15.3 Å². The minimum atomic E-state index is -4.70. The van der Waals surface area contributed by atoms with Gasteiger partial charge in [-0.2, -0.15) is 13.2 Å². The second-order valence-corrected chi connectivity index (χ2v) is 5.98. The average Bonchev–Trinajstić information content (AvgIpc) is 2.22. The minimum absolute atomic E-state index is 0.137. The van der Waals surface area contributed by atoms with E-state index in [0.29, 0.717) is 6.07 Å². The summed E-state index contributed by atoms with van der Waals surface area (Å²) < 4.78 is 37.4. The first-order valence-corrected chi connectivity index (χ1v) is 6.58. The van der Waals surface area contributed by atoms with E-state index in [0.717, 1.165) is 11.8 Å². The predicted octanol–water partition coefficient (Wildman–Crippen LogP) is 1.80. The number of H-pyrrole nitrogens is 1. The van der Waals surface area contributed by atoms with Gasteiger partial charge in [-0.3, -0.25) is 9.59 Å². The summed E-state index contributed by atoms with van der Waals surface area (Å²) in [6.45, 7) is 5.33. The van der Waals surface area contributed by atoms with Gasteiger partial charge in [0, 0.05) is 11.6 Å². The van der Waals surface area contributed by atoms with Crippen LogP contribution in [-0.4, -0.2) is 27.2 Å². The lowest BCUT2D eigenvalue weighted by molar-refractivity contribution is -0.141. The average molecular weight is 309 g/mol. The largest absolute Gasteiger partial charge is 0.433 e. The highest BCUT2D eigenvalue weighted by Gasteiger charge is 2.33. The van der Waals surface area contributed by atoms with Crippen molar-refractivity contribution in [3.8, 4) is 0 Å². The number of carbonyl (C=O) groups is 1. The van der Waals surface area contributed by atoms with Crippen LogP contribution < -0.4 is 10.9 Å². The fraction of sp³-hybridized carbons (Fsp3) is 0.545. The number of aromatic amines is 1. The molecule has 1 rings (SSSR count). The summed E-state index contributed by atoms with van der Waals surface area (Å²) in [5.41, 5.74) is -2.63. The first-order valence-electron chi connectivity index (χ1n) is 5.60. The van der Waals surface area contributed by atoms with Crippen LogP contribution in [0.4, 0.5) is 13.2 Å². The van der Waals surface area contributed by atoms with Crippen molar-refractivity contribution >= 4 is 17.7 Å². The number of nitrogens with zero attached hydrogens (tertiary/aromatic N) is 1. The third-order valence-electron chi connectivity index (χ3n) is 1.86. The number of hydrogen-bond donors (Lipinski definition) is 2. The highest BCUT2D eigenvalue weighted by Crippen LogP contribution is 2.27. The first-order chi connectivity index (χ1) is 8.97. The molecule has 2 N–H and O–H groups in total. The normalized spacial score (nSPS) is 12.3. The van der Waals surface area contributed by atoms with E-state index >= 15 is 0 Å². The summed E-state index contributed by atoms with van der Waals surface area (Å²) in [7, 11) is 0. The zero-order chi connectivity index (χ0) is 15.6. The van der Waals surface area contributed by atoms with Gasteiger partial charge in [0.05, 0.1) is 5.75 Å². The molecular formula is C11H14F3N3O2S. The molecule has 0 radical (unpaired) electrons. The Morgan fingerprint density at radius 2 is 2.00 bits per heavy atom. The minimum Gasteiger partial charge on any atom is -0.351 e. The van der Waals surface area contributed by atoms with E-state index in [-0.39, 0.29) is 16.8 Å². The molecule has 0 bridgehead atoms. The van der Waals surface area contributed by atoms with E-state index in [4.69, 9.17) is 0 Å². The molecule has 0 unspecified atom stereocenters. The number of halogens is 3. The maximum Gasteiger partial charge on any atom is 0.433 e. The summed E-state index contributed by atoms with van der Waals surface area (Å²) in [6.07, 6.45) is -4.70. The molecule has 0 fully saturated rings. The van der Waals surface area contributed by atoms with Crippen LogP contribution in [0.1, 0.15) is 26.5 Å². The summed E-state index contributed by atoms with van der Waals surface area (Å²) >= 11 is 0.735. The molecule has 0 aliphatic heterocycles. The number of hydrogen-bond acceptors (Lipinski definition) is 4. The van der Waals surface area contributed by atoms with Crippen molar-refractivity contribution in [3.63, 3.8) is 0 Å². The standard InChI is InChI=1S/C11H14F3N3O2S/c1-10(2,3)17-8(19)5-20-9-15-6(11(12,13)14)4-7(18)16-9/h4H,5H2,1-3H3,(H,17,19)(H,15,16,18). The molecule has 1 aromatic heterocycles. The molecule has 1 amide bonds. The molecule has 9 heteroatoms. The second-order valence-electron chi connectivity index (χ2n) is 5.02. The quantitative estimate of drug-likeness (QED) is 0.659. The number of nitrogens with one attached hydrogen (secondary N) is 2. The fourth-order valence-electron chi connectivity index (χ4n) is 1.24. The SMILES string of the molecule is CC(C)(C)NC(=O)CSc1nc(C(F)(F)F)cc(=O)[nH]1. The van der Waals surface area contributed by atoms with Crippen LogP contribution in [0.5, 0.6) is 0 Å².